The van der Waals surface area contributed by atoms with Gasteiger partial charge in [-0.2, -0.15) is 0 Å². The van der Waals surface area contributed by atoms with E-state index < -0.39 is 0 Å². The molecule has 2 aliphatic carbocycles. The van der Waals surface area contributed by atoms with Crippen molar-refractivity contribution in [2.24, 2.45) is 0 Å². The molecule has 2 heteroatoms. The predicted molar refractivity (Wildman–Crippen MR) is 56.7 cm³/mol. The average molecular weight is 202 g/mol. The SMILES string of the molecule is CC(=O)OC1[C@@H]2CC[C@H]1c1ccccc12. The molecule has 3 atom stereocenters. The van der Waals surface area contributed by atoms with Gasteiger partial charge in [-0.1, -0.05) is 24.3 Å². The van der Waals surface area contributed by atoms with Gasteiger partial charge in [0.05, 0.1) is 0 Å². The fourth-order valence-corrected chi connectivity index (χ4v) is 3.18. The van der Waals surface area contributed by atoms with Gasteiger partial charge in [0.25, 0.3) is 0 Å². The van der Waals surface area contributed by atoms with E-state index in [0.717, 1.165) is 0 Å². The smallest absolute Gasteiger partial charge is 0.302 e. The van der Waals surface area contributed by atoms with Gasteiger partial charge in [-0.15, -0.1) is 0 Å². The summed E-state index contributed by atoms with van der Waals surface area (Å²) in [5.74, 6) is 0.759. The molecule has 1 saturated carbocycles. The lowest BCUT2D eigenvalue weighted by atomic mass is 9.92. The second-order valence-electron chi connectivity index (χ2n) is 4.49. The number of hydrogen-bond acceptors (Lipinski definition) is 2. The first-order valence-corrected chi connectivity index (χ1v) is 5.53. The fourth-order valence-electron chi connectivity index (χ4n) is 3.18. The molecular formula is C13H14O2. The zero-order chi connectivity index (χ0) is 10.4. The summed E-state index contributed by atoms with van der Waals surface area (Å²) in [5.41, 5.74) is 2.81. The number of carbonyl (C=O) groups excluding carboxylic acids is 1. The van der Waals surface area contributed by atoms with Crippen LogP contribution in [0, 0.1) is 0 Å². The number of hydrogen-bond donors (Lipinski definition) is 0. The molecule has 1 unspecified atom stereocenters. The van der Waals surface area contributed by atoms with Crippen LogP contribution in [-0.4, -0.2) is 12.1 Å². The highest BCUT2D eigenvalue weighted by atomic mass is 16.5. The minimum Gasteiger partial charge on any atom is -0.461 e. The maximum atomic E-state index is 11.0. The average Bonchev–Trinajstić information content (AvgIpc) is 2.74. The minimum absolute atomic E-state index is 0.111. The molecule has 1 fully saturated rings. The molecule has 0 spiro atoms. The maximum absolute atomic E-state index is 11.0. The van der Waals surface area contributed by atoms with E-state index in [2.05, 4.69) is 24.3 Å². The highest BCUT2D eigenvalue weighted by Crippen LogP contribution is 2.54. The van der Waals surface area contributed by atoms with E-state index >= 15 is 0 Å². The van der Waals surface area contributed by atoms with Crippen LogP contribution in [-0.2, 0) is 9.53 Å². The van der Waals surface area contributed by atoms with E-state index in [1.165, 1.54) is 30.9 Å². The Kier molecular flexibility index (Phi) is 1.84. The normalized spacial score (nSPS) is 31.4. The van der Waals surface area contributed by atoms with Gasteiger partial charge in [0.15, 0.2) is 0 Å². The Balaban J connectivity index is 1.98. The third kappa shape index (κ3) is 1.21. The van der Waals surface area contributed by atoms with Gasteiger partial charge in [0, 0.05) is 18.8 Å². The quantitative estimate of drug-likeness (QED) is 0.654. The lowest BCUT2D eigenvalue weighted by Crippen LogP contribution is -2.18. The van der Waals surface area contributed by atoms with Crippen molar-refractivity contribution in [1.82, 2.24) is 0 Å². The van der Waals surface area contributed by atoms with E-state index in [1.54, 1.807) is 0 Å². The van der Waals surface area contributed by atoms with Crippen LogP contribution in [0.4, 0.5) is 0 Å². The van der Waals surface area contributed by atoms with Crippen molar-refractivity contribution in [2.75, 3.05) is 0 Å². The van der Waals surface area contributed by atoms with Crippen molar-refractivity contribution < 1.29 is 9.53 Å². The molecule has 15 heavy (non-hydrogen) atoms. The second kappa shape index (κ2) is 3.09. The van der Waals surface area contributed by atoms with Crippen molar-refractivity contribution in [1.29, 1.82) is 0 Å². The van der Waals surface area contributed by atoms with Crippen LogP contribution >= 0.6 is 0 Å². The zero-order valence-corrected chi connectivity index (χ0v) is 8.77. The molecule has 0 radical (unpaired) electrons. The van der Waals surface area contributed by atoms with Gasteiger partial charge in [-0.25, -0.2) is 0 Å². The highest BCUT2D eigenvalue weighted by Gasteiger charge is 2.47. The highest BCUT2D eigenvalue weighted by molar-refractivity contribution is 5.67. The lowest BCUT2D eigenvalue weighted by molar-refractivity contribution is -0.146. The van der Waals surface area contributed by atoms with E-state index in [0.29, 0.717) is 11.8 Å². The van der Waals surface area contributed by atoms with Crippen LogP contribution in [0.5, 0.6) is 0 Å². The fraction of sp³-hybridized carbons (Fsp3) is 0.462. The monoisotopic (exact) mass is 202 g/mol. The molecule has 0 aliphatic heterocycles. The maximum Gasteiger partial charge on any atom is 0.302 e. The zero-order valence-electron chi connectivity index (χ0n) is 8.77. The van der Waals surface area contributed by atoms with Crippen LogP contribution in [0.3, 0.4) is 0 Å². The summed E-state index contributed by atoms with van der Waals surface area (Å²) in [4.78, 5) is 11.0. The Morgan fingerprint density at radius 1 is 1.20 bits per heavy atom. The molecule has 0 heterocycles. The first-order valence-electron chi connectivity index (χ1n) is 5.53. The molecule has 0 aromatic heterocycles. The number of rotatable bonds is 1. The van der Waals surface area contributed by atoms with Gasteiger partial charge < -0.3 is 4.74 Å². The summed E-state index contributed by atoms with van der Waals surface area (Å²) in [6, 6.07) is 8.50. The molecular weight excluding hydrogens is 188 g/mol. The first kappa shape index (κ1) is 8.96. The van der Waals surface area contributed by atoms with E-state index in [9.17, 15) is 4.79 Å². The summed E-state index contributed by atoms with van der Waals surface area (Å²) >= 11 is 0. The van der Waals surface area contributed by atoms with E-state index in [-0.39, 0.29) is 12.1 Å². The van der Waals surface area contributed by atoms with Gasteiger partial charge in [-0.3, -0.25) is 4.79 Å². The Bertz CT molecular complexity index is 380. The Morgan fingerprint density at radius 3 is 2.20 bits per heavy atom. The molecule has 78 valence electrons. The van der Waals surface area contributed by atoms with Crippen molar-refractivity contribution in [3.05, 3.63) is 35.4 Å². The van der Waals surface area contributed by atoms with Crippen molar-refractivity contribution >= 4 is 5.97 Å². The number of fused-ring (bicyclic) bond motifs is 5. The molecule has 3 rings (SSSR count). The topological polar surface area (TPSA) is 26.3 Å². The Labute approximate surface area is 89.2 Å². The van der Waals surface area contributed by atoms with Crippen LogP contribution in [0.1, 0.15) is 42.7 Å². The molecule has 2 aliphatic rings. The molecule has 0 saturated heterocycles. The number of ether oxygens (including phenoxy) is 1. The van der Waals surface area contributed by atoms with E-state index in [4.69, 9.17) is 4.74 Å². The van der Waals surface area contributed by atoms with Crippen LogP contribution in [0.25, 0.3) is 0 Å². The van der Waals surface area contributed by atoms with Gasteiger partial charge in [0.2, 0.25) is 0 Å². The third-order valence-corrected chi connectivity index (χ3v) is 3.68. The van der Waals surface area contributed by atoms with E-state index in [1.807, 2.05) is 0 Å². The summed E-state index contributed by atoms with van der Waals surface area (Å²) in [5, 5.41) is 0. The molecule has 0 N–H and O–H groups in total. The largest absolute Gasteiger partial charge is 0.461 e. The predicted octanol–water partition coefficient (Wildman–Crippen LogP) is 2.59. The first-order chi connectivity index (χ1) is 7.27. The summed E-state index contributed by atoms with van der Waals surface area (Å²) in [6.45, 7) is 1.50. The minimum atomic E-state index is -0.148. The lowest BCUT2D eigenvalue weighted by Gasteiger charge is -2.15. The molecule has 1 aromatic rings. The van der Waals surface area contributed by atoms with Crippen molar-refractivity contribution in [3.63, 3.8) is 0 Å². The third-order valence-electron chi connectivity index (χ3n) is 3.68. The number of esters is 1. The van der Waals surface area contributed by atoms with Crippen molar-refractivity contribution in [2.45, 2.75) is 37.7 Å². The van der Waals surface area contributed by atoms with Crippen LogP contribution in [0.15, 0.2) is 24.3 Å². The van der Waals surface area contributed by atoms with Crippen LogP contribution in [0.2, 0.25) is 0 Å². The summed E-state index contributed by atoms with van der Waals surface area (Å²) in [7, 11) is 0. The van der Waals surface area contributed by atoms with Gasteiger partial charge >= 0.3 is 5.97 Å². The molecule has 2 bridgehead atoms. The van der Waals surface area contributed by atoms with Crippen molar-refractivity contribution in [3.8, 4) is 0 Å². The number of carbonyl (C=O) groups is 1. The van der Waals surface area contributed by atoms with Gasteiger partial charge in [-0.05, 0) is 24.0 Å². The summed E-state index contributed by atoms with van der Waals surface area (Å²) in [6.07, 6.45) is 2.44. The standard InChI is InChI=1S/C13H14O2/c1-8(14)15-13-11-6-7-12(13)10-5-3-2-4-9(10)11/h2-5,11-13H,6-7H2,1H3/t11-,12+,13?. The second-order valence-corrected chi connectivity index (χ2v) is 4.49. The Morgan fingerprint density at radius 2 is 1.73 bits per heavy atom. The van der Waals surface area contributed by atoms with Gasteiger partial charge in [0.1, 0.15) is 6.10 Å². The number of benzene rings is 1. The molecule has 0 amide bonds. The molecule has 2 nitrogen and oxygen atoms in total. The van der Waals surface area contributed by atoms with Crippen LogP contribution < -0.4 is 0 Å². The Hall–Kier alpha value is -1.31. The molecule has 1 aromatic carbocycles. The summed E-state index contributed by atoms with van der Waals surface area (Å²) < 4.78 is 5.44.